The Hall–Kier alpha value is -1.39. The molecule has 0 spiro atoms. The maximum absolute atomic E-state index is 11.5. The van der Waals surface area contributed by atoms with Crippen LogP contribution in [-0.2, 0) is 23.9 Å². The van der Waals surface area contributed by atoms with Gasteiger partial charge in [0, 0.05) is 12.8 Å². The van der Waals surface area contributed by atoms with Crippen LogP contribution in [0.3, 0.4) is 0 Å². The van der Waals surface area contributed by atoms with E-state index in [2.05, 4.69) is 6.92 Å². The fraction of sp³-hybridized carbons (Fsp3) is 0.824. The molecule has 0 aromatic carbocycles. The molecule has 5 nitrogen and oxygen atoms in total. The number of ether oxygens (including phenoxy) is 2. The number of ketones is 1. The number of Topliss-reactive ketones (excluding diaryl/α,β-unsaturated/α-hetero) is 1. The highest BCUT2D eigenvalue weighted by atomic mass is 16.5. The molecule has 0 saturated carbocycles. The van der Waals surface area contributed by atoms with Gasteiger partial charge in [-0.25, -0.2) is 0 Å². The largest absolute Gasteiger partial charge is 0.466 e. The fourth-order valence-corrected chi connectivity index (χ4v) is 1.86. The zero-order valence-corrected chi connectivity index (χ0v) is 14.2. The molecule has 0 aromatic heterocycles. The first kappa shape index (κ1) is 20.6. The molecule has 128 valence electrons. The van der Waals surface area contributed by atoms with E-state index in [9.17, 15) is 14.4 Å². The molecular formula is C17H30O5. The lowest BCUT2D eigenvalue weighted by atomic mass is 10.1. The Bertz CT molecular complexity index is 338. The summed E-state index contributed by atoms with van der Waals surface area (Å²) in [5, 5.41) is 0. The Kier molecular flexibility index (Phi) is 12.4. The molecule has 5 heteroatoms. The molecule has 0 aliphatic carbocycles. The normalized spacial score (nSPS) is 11.8. The van der Waals surface area contributed by atoms with Gasteiger partial charge in [-0.15, -0.1) is 0 Å². The van der Waals surface area contributed by atoms with E-state index in [0.717, 1.165) is 12.8 Å². The Morgan fingerprint density at radius 2 is 1.45 bits per heavy atom. The van der Waals surface area contributed by atoms with Crippen molar-refractivity contribution in [3.63, 3.8) is 0 Å². The summed E-state index contributed by atoms with van der Waals surface area (Å²) in [6.45, 7) is 5.54. The monoisotopic (exact) mass is 314 g/mol. The number of hydrogen-bond acceptors (Lipinski definition) is 5. The summed E-state index contributed by atoms with van der Waals surface area (Å²) in [6, 6.07) is 0. The highest BCUT2D eigenvalue weighted by Gasteiger charge is 2.13. The van der Waals surface area contributed by atoms with Crippen molar-refractivity contribution in [2.75, 3.05) is 6.61 Å². The van der Waals surface area contributed by atoms with Crippen molar-refractivity contribution in [1.29, 1.82) is 0 Å². The predicted molar refractivity (Wildman–Crippen MR) is 84.4 cm³/mol. The van der Waals surface area contributed by atoms with Gasteiger partial charge < -0.3 is 9.47 Å². The van der Waals surface area contributed by atoms with Crippen LogP contribution in [0.25, 0.3) is 0 Å². The number of carbonyl (C=O) groups excluding carboxylic acids is 3. The van der Waals surface area contributed by atoms with Crippen LogP contribution in [0, 0.1) is 0 Å². The van der Waals surface area contributed by atoms with Gasteiger partial charge in [0.05, 0.1) is 6.61 Å². The number of unbranched alkanes of at least 4 members (excludes halogenated alkanes) is 5. The Balaban J connectivity index is 3.49. The molecule has 0 amide bonds. The number of carbonyl (C=O) groups is 3. The lowest BCUT2D eigenvalue weighted by Gasteiger charge is -2.09. The average Bonchev–Trinajstić information content (AvgIpc) is 2.46. The van der Waals surface area contributed by atoms with Crippen LogP contribution in [-0.4, -0.2) is 30.4 Å². The molecule has 0 aromatic rings. The first-order valence-electron chi connectivity index (χ1n) is 8.33. The van der Waals surface area contributed by atoms with Gasteiger partial charge in [0.2, 0.25) is 0 Å². The molecule has 0 rings (SSSR count). The van der Waals surface area contributed by atoms with Crippen LogP contribution in [0.15, 0.2) is 0 Å². The second kappa shape index (κ2) is 13.3. The Labute approximate surface area is 133 Å². The van der Waals surface area contributed by atoms with Crippen molar-refractivity contribution in [1.82, 2.24) is 0 Å². The number of esters is 2. The smallest absolute Gasteiger partial charge is 0.306 e. The molecule has 0 aliphatic heterocycles. The second-order valence-electron chi connectivity index (χ2n) is 5.58. The Morgan fingerprint density at radius 3 is 2.09 bits per heavy atom. The van der Waals surface area contributed by atoms with E-state index in [1.807, 2.05) is 0 Å². The summed E-state index contributed by atoms with van der Waals surface area (Å²) in [4.78, 5) is 33.8. The van der Waals surface area contributed by atoms with Gasteiger partial charge in [-0.05, 0) is 26.7 Å². The van der Waals surface area contributed by atoms with Gasteiger partial charge >= 0.3 is 11.9 Å². The fourth-order valence-electron chi connectivity index (χ4n) is 1.86. The van der Waals surface area contributed by atoms with Crippen LogP contribution >= 0.6 is 0 Å². The van der Waals surface area contributed by atoms with Crippen LogP contribution < -0.4 is 0 Å². The van der Waals surface area contributed by atoms with Crippen molar-refractivity contribution in [3.8, 4) is 0 Å². The summed E-state index contributed by atoms with van der Waals surface area (Å²) in [5.74, 6) is -0.918. The average molecular weight is 314 g/mol. The van der Waals surface area contributed by atoms with Crippen molar-refractivity contribution < 1.29 is 23.9 Å². The molecule has 0 saturated heterocycles. The molecular weight excluding hydrogens is 284 g/mol. The molecule has 1 unspecified atom stereocenters. The van der Waals surface area contributed by atoms with E-state index >= 15 is 0 Å². The quantitative estimate of drug-likeness (QED) is 0.384. The standard InChI is InChI=1S/C17H30O5/c1-4-5-6-7-8-9-13-21-16(19)11-10-12-17(20)22-15(3)14(2)18/h15H,4-13H2,1-3H3. The summed E-state index contributed by atoms with van der Waals surface area (Å²) >= 11 is 0. The molecule has 1 atom stereocenters. The maximum atomic E-state index is 11.5. The van der Waals surface area contributed by atoms with E-state index in [0.29, 0.717) is 13.0 Å². The van der Waals surface area contributed by atoms with Gasteiger partial charge in [0.15, 0.2) is 11.9 Å². The van der Waals surface area contributed by atoms with Gasteiger partial charge in [-0.1, -0.05) is 39.0 Å². The lowest BCUT2D eigenvalue weighted by molar-refractivity contribution is -0.153. The maximum Gasteiger partial charge on any atom is 0.306 e. The van der Waals surface area contributed by atoms with E-state index in [1.165, 1.54) is 39.5 Å². The van der Waals surface area contributed by atoms with Gasteiger partial charge in [0.1, 0.15) is 0 Å². The van der Waals surface area contributed by atoms with E-state index in [-0.39, 0.29) is 24.6 Å². The molecule has 0 N–H and O–H groups in total. The van der Waals surface area contributed by atoms with E-state index < -0.39 is 12.1 Å². The van der Waals surface area contributed by atoms with Gasteiger partial charge in [-0.2, -0.15) is 0 Å². The molecule has 0 aliphatic rings. The van der Waals surface area contributed by atoms with Crippen molar-refractivity contribution in [2.24, 2.45) is 0 Å². The molecule has 0 fully saturated rings. The van der Waals surface area contributed by atoms with Crippen LogP contribution in [0.4, 0.5) is 0 Å². The molecule has 0 bridgehead atoms. The topological polar surface area (TPSA) is 69.7 Å². The minimum absolute atomic E-state index is 0.129. The Morgan fingerprint density at radius 1 is 0.864 bits per heavy atom. The summed E-state index contributed by atoms with van der Waals surface area (Å²) in [5.41, 5.74) is 0. The summed E-state index contributed by atoms with van der Waals surface area (Å²) in [6.07, 6.45) is 6.91. The van der Waals surface area contributed by atoms with Crippen molar-refractivity contribution in [3.05, 3.63) is 0 Å². The third-order valence-corrected chi connectivity index (χ3v) is 3.40. The highest BCUT2D eigenvalue weighted by molar-refractivity contribution is 5.83. The molecule has 0 radical (unpaired) electrons. The minimum Gasteiger partial charge on any atom is -0.466 e. The van der Waals surface area contributed by atoms with Crippen molar-refractivity contribution in [2.45, 2.75) is 84.7 Å². The molecule has 0 heterocycles. The van der Waals surface area contributed by atoms with Gasteiger partial charge in [-0.3, -0.25) is 14.4 Å². The lowest BCUT2D eigenvalue weighted by Crippen LogP contribution is -2.21. The van der Waals surface area contributed by atoms with Crippen LogP contribution in [0.5, 0.6) is 0 Å². The number of hydrogen-bond donors (Lipinski definition) is 0. The summed E-state index contributed by atoms with van der Waals surface area (Å²) < 4.78 is 10.0. The van der Waals surface area contributed by atoms with E-state index in [4.69, 9.17) is 9.47 Å². The third kappa shape index (κ3) is 12.4. The zero-order chi connectivity index (χ0) is 16.8. The van der Waals surface area contributed by atoms with Crippen LogP contribution in [0.1, 0.15) is 78.6 Å². The zero-order valence-electron chi connectivity index (χ0n) is 14.2. The van der Waals surface area contributed by atoms with Gasteiger partial charge in [0.25, 0.3) is 0 Å². The third-order valence-electron chi connectivity index (χ3n) is 3.40. The second-order valence-corrected chi connectivity index (χ2v) is 5.58. The first-order chi connectivity index (χ1) is 10.5. The minimum atomic E-state index is -0.716. The first-order valence-corrected chi connectivity index (χ1v) is 8.33. The SMILES string of the molecule is CCCCCCCCOC(=O)CCCC(=O)OC(C)C(C)=O. The highest BCUT2D eigenvalue weighted by Crippen LogP contribution is 2.06. The molecule has 22 heavy (non-hydrogen) atoms. The summed E-state index contributed by atoms with van der Waals surface area (Å²) in [7, 11) is 0. The van der Waals surface area contributed by atoms with E-state index in [1.54, 1.807) is 0 Å². The predicted octanol–water partition coefficient (Wildman–Crippen LogP) is 3.58. The van der Waals surface area contributed by atoms with Crippen LogP contribution in [0.2, 0.25) is 0 Å². The van der Waals surface area contributed by atoms with Crippen molar-refractivity contribution >= 4 is 17.7 Å². The number of rotatable bonds is 13.